The van der Waals surface area contributed by atoms with Gasteiger partial charge in [-0.2, -0.15) is 5.10 Å². The number of nitrogens with zero attached hydrogens (tertiary/aromatic N) is 3. The Morgan fingerprint density at radius 1 is 1.29 bits per heavy atom. The van der Waals surface area contributed by atoms with E-state index in [1.54, 1.807) is 13.8 Å². The Kier molecular flexibility index (Phi) is 4.11. The molecule has 1 N–H and O–H groups in total. The van der Waals surface area contributed by atoms with Gasteiger partial charge < -0.3 is 10.0 Å². The van der Waals surface area contributed by atoms with Crippen LogP contribution in [-0.2, 0) is 11.8 Å². The summed E-state index contributed by atoms with van der Waals surface area (Å²) in [6.45, 7) is 3.74. The minimum atomic E-state index is -1.02. The number of carbonyl (C=O) groups is 2. The fourth-order valence-corrected chi connectivity index (χ4v) is 2.68. The first-order valence-corrected chi connectivity index (χ1v) is 6.93. The molecule has 7 heteroatoms. The van der Waals surface area contributed by atoms with Gasteiger partial charge in [0.2, 0.25) is 0 Å². The molecule has 1 unspecified atom stereocenters. The normalized spacial score (nSPS) is 18.6. The molecule has 0 aromatic carbocycles. The molecular weight excluding hydrogens is 274 g/mol. The summed E-state index contributed by atoms with van der Waals surface area (Å²) in [5.74, 6) is -1.53. The van der Waals surface area contributed by atoms with Crippen LogP contribution in [0.15, 0.2) is 4.79 Å². The molecule has 21 heavy (non-hydrogen) atoms. The molecule has 1 atom stereocenters. The number of carboxylic acid groups (broad SMARTS) is 1. The largest absolute Gasteiger partial charge is 0.480 e. The summed E-state index contributed by atoms with van der Waals surface area (Å²) in [5, 5.41) is 13.3. The second-order valence-corrected chi connectivity index (χ2v) is 5.36. The molecule has 0 radical (unpaired) electrons. The Morgan fingerprint density at radius 2 is 1.95 bits per heavy atom. The number of hydrogen-bond donors (Lipinski definition) is 1. The molecule has 1 fully saturated rings. The zero-order valence-corrected chi connectivity index (χ0v) is 12.4. The first-order chi connectivity index (χ1) is 9.84. The Labute approximate surface area is 122 Å². The zero-order valence-electron chi connectivity index (χ0n) is 12.4. The zero-order chi connectivity index (χ0) is 15.7. The average molecular weight is 293 g/mol. The van der Waals surface area contributed by atoms with Crippen LogP contribution in [0.3, 0.4) is 0 Å². The molecule has 114 valence electrons. The van der Waals surface area contributed by atoms with Gasteiger partial charge in [0.25, 0.3) is 11.5 Å². The summed E-state index contributed by atoms with van der Waals surface area (Å²) in [6, 6.07) is -0.858. The maximum Gasteiger partial charge on any atom is 0.326 e. The fourth-order valence-electron chi connectivity index (χ4n) is 2.68. The number of aromatic nitrogens is 2. The number of amides is 1. The van der Waals surface area contributed by atoms with Crippen LogP contribution in [0, 0.1) is 13.8 Å². The third-order valence-corrected chi connectivity index (χ3v) is 3.99. The molecule has 1 saturated heterocycles. The van der Waals surface area contributed by atoms with Gasteiger partial charge in [-0.1, -0.05) is 0 Å². The third kappa shape index (κ3) is 2.68. The molecule has 2 heterocycles. The summed E-state index contributed by atoms with van der Waals surface area (Å²) >= 11 is 0. The van der Waals surface area contributed by atoms with E-state index >= 15 is 0 Å². The van der Waals surface area contributed by atoms with Gasteiger partial charge in [0.1, 0.15) is 11.6 Å². The van der Waals surface area contributed by atoms with E-state index in [0.29, 0.717) is 24.2 Å². The third-order valence-electron chi connectivity index (χ3n) is 3.99. The lowest BCUT2D eigenvalue weighted by molar-refractivity contribution is -0.143. The van der Waals surface area contributed by atoms with Gasteiger partial charge in [-0.25, -0.2) is 9.48 Å². The summed E-state index contributed by atoms with van der Waals surface area (Å²) < 4.78 is 1.12. The van der Waals surface area contributed by atoms with Crippen molar-refractivity contribution in [3.05, 3.63) is 27.2 Å². The molecule has 1 amide bonds. The van der Waals surface area contributed by atoms with Crippen molar-refractivity contribution in [1.82, 2.24) is 14.7 Å². The predicted molar refractivity (Wildman–Crippen MR) is 75.3 cm³/mol. The summed E-state index contributed by atoms with van der Waals surface area (Å²) in [7, 11) is 1.48. The van der Waals surface area contributed by atoms with E-state index in [-0.39, 0.29) is 5.56 Å². The highest BCUT2D eigenvalue weighted by Crippen LogP contribution is 2.20. The molecule has 1 aliphatic heterocycles. The minimum Gasteiger partial charge on any atom is -0.480 e. The monoisotopic (exact) mass is 293 g/mol. The summed E-state index contributed by atoms with van der Waals surface area (Å²) in [5.41, 5.74) is 0.637. The van der Waals surface area contributed by atoms with Gasteiger partial charge in [-0.05, 0) is 38.7 Å². The van der Waals surface area contributed by atoms with Crippen LogP contribution in [-0.4, -0.2) is 44.3 Å². The molecule has 0 saturated carbocycles. The standard InChI is InChI=1S/C14H19N3O4/c1-8-9(2)15-16(3)12(18)11(8)13(19)17-7-5-4-6-10(17)14(20)21/h10H,4-7H2,1-3H3,(H,20,21). The van der Waals surface area contributed by atoms with Gasteiger partial charge in [0.15, 0.2) is 0 Å². The van der Waals surface area contributed by atoms with Crippen LogP contribution in [0.5, 0.6) is 0 Å². The quantitative estimate of drug-likeness (QED) is 0.856. The Morgan fingerprint density at radius 3 is 2.57 bits per heavy atom. The number of piperidine rings is 1. The Balaban J connectivity index is 2.49. The van der Waals surface area contributed by atoms with Crippen LogP contribution < -0.4 is 5.56 Å². The minimum absolute atomic E-state index is 0.0261. The first-order valence-electron chi connectivity index (χ1n) is 6.93. The smallest absolute Gasteiger partial charge is 0.326 e. The average Bonchev–Trinajstić information content (AvgIpc) is 2.45. The number of carboxylic acids is 1. The van der Waals surface area contributed by atoms with Crippen molar-refractivity contribution in [3.8, 4) is 0 Å². The van der Waals surface area contributed by atoms with Gasteiger partial charge >= 0.3 is 5.97 Å². The lowest BCUT2D eigenvalue weighted by atomic mass is 10.00. The lowest BCUT2D eigenvalue weighted by Crippen LogP contribution is -2.49. The number of rotatable bonds is 2. The van der Waals surface area contributed by atoms with Crippen LogP contribution in [0.4, 0.5) is 0 Å². The Hall–Kier alpha value is -2.18. The first kappa shape index (κ1) is 15.2. The van der Waals surface area contributed by atoms with Crippen LogP contribution in [0.1, 0.15) is 40.9 Å². The number of aliphatic carboxylic acids is 1. The molecular formula is C14H19N3O4. The summed E-state index contributed by atoms with van der Waals surface area (Å²) in [6.07, 6.45) is 1.94. The highest BCUT2D eigenvalue weighted by atomic mass is 16.4. The maximum absolute atomic E-state index is 12.7. The number of aryl methyl sites for hydroxylation is 2. The fraction of sp³-hybridized carbons (Fsp3) is 0.571. The van der Waals surface area contributed by atoms with Crippen LogP contribution in [0.25, 0.3) is 0 Å². The lowest BCUT2D eigenvalue weighted by Gasteiger charge is -2.33. The molecule has 0 bridgehead atoms. The van der Waals surface area contributed by atoms with Crippen molar-refractivity contribution in [2.75, 3.05) is 6.54 Å². The van der Waals surface area contributed by atoms with Crippen LogP contribution >= 0.6 is 0 Å². The number of hydrogen-bond acceptors (Lipinski definition) is 4. The van der Waals surface area contributed by atoms with Crippen molar-refractivity contribution in [3.63, 3.8) is 0 Å². The van der Waals surface area contributed by atoms with Crippen molar-refractivity contribution in [2.45, 2.75) is 39.2 Å². The number of likely N-dealkylation sites (tertiary alicyclic amines) is 1. The second-order valence-electron chi connectivity index (χ2n) is 5.36. The van der Waals surface area contributed by atoms with E-state index in [9.17, 15) is 19.5 Å². The van der Waals surface area contributed by atoms with Gasteiger partial charge in [0, 0.05) is 13.6 Å². The van der Waals surface area contributed by atoms with Crippen LogP contribution in [0.2, 0.25) is 0 Å². The molecule has 0 aliphatic carbocycles. The van der Waals surface area contributed by atoms with Gasteiger partial charge in [-0.15, -0.1) is 0 Å². The van der Waals surface area contributed by atoms with Crippen molar-refractivity contribution >= 4 is 11.9 Å². The van der Waals surface area contributed by atoms with E-state index in [0.717, 1.165) is 17.5 Å². The Bertz CT molecular complexity index is 650. The molecule has 1 aromatic heterocycles. The predicted octanol–water partition coefficient (Wildman–Crippen LogP) is 0.476. The topological polar surface area (TPSA) is 92.5 Å². The summed E-state index contributed by atoms with van der Waals surface area (Å²) in [4.78, 5) is 37.5. The van der Waals surface area contributed by atoms with Gasteiger partial charge in [0.05, 0.1) is 5.69 Å². The number of carbonyl (C=O) groups excluding carboxylic acids is 1. The van der Waals surface area contributed by atoms with Gasteiger partial charge in [-0.3, -0.25) is 9.59 Å². The maximum atomic E-state index is 12.7. The molecule has 1 aliphatic rings. The highest BCUT2D eigenvalue weighted by Gasteiger charge is 2.34. The molecule has 7 nitrogen and oxygen atoms in total. The van der Waals surface area contributed by atoms with E-state index in [2.05, 4.69) is 5.10 Å². The highest BCUT2D eigenvalue weighted by molar-refractivity contribution is 5.97. The van der Waals surface area contributed by atoms with E-state index < -0.39 is 23.5 Å². The molecule has 2 rings (SSSR count). The van der Waals surface area contributed by atoms with E-state index in [4.69, 9.17) is 0 Å². The van der Waals surface area contributed by atoms with Crippen molar-refractivity contribution < 1.29 is 14.7 Å². The molecule has 1 aromatic rings. The molecule has 0 spiro atoms. The SMILES string of the molecule is Cc1nn(C)c(=O)c(C(=O)N2CCCCC2C(=O)O)c1C. The van der Waals surface area contributed by atoms with Crippen molar-refractivity contribution in [2.24, 2.45) is 7.05 Å². The van der Waals surface area contributed by atoms with E-state index in [1.165, 1.54) is 11.9 Å². The van der Waals surface area contributed by atoms with Crippen molar-refractivity contribution in [1.29, 1.82) is 0 Å². The van der Waals surface area contributed by atoms with E-state index in [1.807, 2.05) is 0 Å². The second kappa shape index (κ2) is 5.67.